The Morgan fingerprint density at radius 1 is 1.20 bits per heavy atom. The minimum absolute atomic E-state index is 0.240. The molecule has 0 fully saturated rings. The molecule has 0 bridgehead atoms. The molecule has 10 heteroatoms. The zero-order valence-electron chi connectivity index (χ0n) is 15.9. The molecule has 2 heterocycles. The average Bonchev–Trinajstić information content (AvgIpc) is 3.29. The lowest BCUT2D eigenvalue weighted by molar-refractivity contribution is -0.111. The Hall–Kier alpha value is -2.56. The number of methoxy groups -OCH3 is 1. The van der Waals surface area contributed by atoms with Gasteiger partial charge in [-0.25, -0.2) is 0 Å². The van der Waals surface area contributed by atoms with Crippen molar-refractivity contribution in [2.24, 2.45) is 0 Å². The molecule has 1 N–H and O–H groups in total. The molecule has 0 unspecified atom stereocenters. The second-order valence-electron chi connectivity index (χ2n) is 6.26. The number of nitrogens with one attached hydrogen (secondary N) is 1. The largest absolute Gasteiger partial charge is 0.495 e. The fourth-order valence-electron chi connectivity index (χ4n) is 2.80. The number of carbonyl (C=O) groups is 1. The first-order valence-corrected chi connectivity index (χ1v) is 11.2. The summed E-state index contributed by atoms with van der Waals surface area (Å²) in [5.74, 6) is 1.17. The van der Waals surface area contributed by atoms with Crippen molar-refractivity contribution in [3.05, 3.63) is 62.8 Å². The lowest BCUT2D eigenvalue weighted by Gasteiger charge is -2.08. The van der Waals surface area contributed by atoms with E-state index in [1.807, 2.05) is 43.3 Å². The summed E-state index contributed by atoms with van der Waals surface area (Å²) in [6, 6.07) is 11.3. The summed E-state index contributed by atoms with van der Waals surface area (Å²) in [5.41, 5.74) is 2.42. The van der Waals surface area contributed by atoms with E-state index in [2.05, 4.69) is 52.5 Å². The lowest BCUT2D eigenvalue weighted by Crippen LogP contribution is -2.07. The maximum absolute atomic E-state index is 12.3. The minimum atomic E-state index is -0.240. The Morgan fingerprint density at radius 3 is 2.67 bits per heavy atom. The van der Waals surface area contributed by atoms with Crippen LogP contribution in [-0.4, -0.2) is 32.8 Å². The number of amides is 1. The van der Waals surface area contributed by atoms with E-state index in [0.29, 0.717) is 11.4 Å². The number of halogens is 2. The van der Waals surface area contributed by atoms with E-state index >= 15 is 0 Å². The maximum atomic E-state index is 12.3. The Morgan fingerprint density at radius 2 is 1.97 bits per heavy atom. The van der Waals surface area contributed by atoms with Crippen molar-refractivity contribution in [3.8, 4) is 16.3 Å². The molecule has 0 aliphatic heterocycles. The summed E-state index contributed by atoms with van der Waals surface area (Å²) in [6.45, 7) is 1.86. The maximum Gasteiger partial charge on any atom is 0.248 e. The second kappa shape index (κ2) is 8.66. The van der Waals surface area contributed by atoms with Crippen LogP contribution in [0.2, 0.25) is 0 Å². The third-order valence-corrected chi connectivity index (χ3v) is 6.20. The van der Waals surface area contributed by atoms with Crippen LogP contribution >= 0.6 is 43.2 Å². The van der Waals surface area contributed by atoms with Gasteiger partial charge in [-0.15, -0.1) is 10.2 Å². The second-order valence-corrected chi connectivity index (χ2v) is 8.98. The number of hydrogen-bond acceptors (Lipinski definition) is 6. The molecule has 0 spiro atoms. The molecule has 30 heavy (non-hydrogen) atoms. The van der Waals surface area contributed by atoms with Crippen LogP contribution < -0.4 is 10.1 Å². The Kier molecular flexibility index (Phi) is 5.98. The first-order chi connectivity index (χ1) is 14.4. The highest BCUT2D eigenvalue weighted by Crippen LogP contribution is 2.33. The number of anilines is 1. The standard InChI is InChI=1S/C20H15Br2N5O2S/c1-11-24-25-20-27(11)26-19(30-20)12-3-6-15(7-4-12)23-17(28)8-5-13-9-14(21)10-16(22)18(13)29-2/h3-10H,1-2H3,(H,23,28). The van der Waals surface area contributed by atoms with Crippen molar-refractivity contribution in [2.45, 2.75) is 6.92 Å². The zero-order valence-corrected chi connectivity index (χ0v) is 19.9. The minimum Gasteiger partial charge on any atom is -0.495 e. The normalized spacial score (nSPS) is 11.3. The van der Waals surface area contributed by atoms with Gasteiger partial charge in [-0.1, -0.05) is 27.3 Å². The molecular formula is C20H15Br2N5O2S. The van der Waals surface area contributed by atoms with Crippen LogP contribution in [0.25, 0.3) is 21.6 Å². The Labute approximate surface area is 193 Å². The van der Waals surface area contributed by atoms with E-state index < -0.39 is 0 Å². The van der Waals surface area contributed by atoms with Gasteiger partial charge < -0.3 is 10.1 Å². The molecule has 2 aromatic carbocycles. The van der Waals surface area contributed by atoms with E-state index in [0.717, 1.165) is 35.9 Å². The molecule has 152 valence electrons. The molecule has 0 aliphatic carbocycles. The van der Waals surface area contributed by atoms with Gasteiger partial charge in [0.2, 0.25) is 10.9 Å². The van der Waals surface area contributed by atoms with E-state index in [4.69, 9.17) is 4.74 Å². The molecule has 0 saturated heterocycles. The van der Waals surface area contributed by atoms with Crippen molar-refractivity contribution in [1.29, 1.82) is 0 Å². The molecule has 4 rings (SSSR count). The molecule has 0 saturated carbocycles. The van der Waals surface area contributed by atoms with Crippen molar-refractivity contribution in [3.63, 3.8) is 0 Å². The van der Waals surface area contributed by atoms with E-state index in [1.165, 1.54) is 17.4 Å². The topological polar surface area (TPSA) is 81.4 Å². The van der Waals surface area contributed by atoms with Crippen molar-refractivity contribution in [2.75, 3.05) is 12.4 Å². The number of benzene rings is 2. The van der Waals surface area contributed by atoms with Crippen LogP contribution in [0, 0.1) is 6.92 Å². The van der Waals surface area contributed by atoms with E-state index in [9.17, 15) is 4.79 Å². The van der Waals surface area contributed by atoms with Gasteiger partial charge in [0, 0.05) is 27.4 Å². The SMILES string of the molecule is COc1c(Br)cc(Br)cc1C=CC(=O)Nc1ccc(-c2nn3c(C)nnc3s2)cc1. The Balaban J connectivity index is 1.47. The van der Waals surface area contributed by atoms with Crippen LogP contribution in [0.5, 0.6) is 5.75 Å². The number of fused-ring (bicyclic) bond motifs is 1. The van der Waals surface area contributed by atoms with Gasteiger partial charge in [-0.2, -0.15) is 9.61 Å². The van der Waals surface area contributed by atoms with Crippen LogP contribution in [0.1, 0.15) is 11.4 Å². The van der Waals surface area contributed by atoms with Gasteiger partial charge in [0.15, 0.2) is 5.82 Å². The summed E-state index contributed by atoms with van der Waals surface area (Å²) in [5, 5.41) is 16.3. The summed E-state index contributed by atoms with van der Waals surface area (Å²) in [4.78, 5) is 13.1. The first kappa shape index (κ1) is 20.7. The number of rotatable bonds is 5. The molecule has 4 aromatic rings. The number of aromatic nitrogens is 4. The molecule has 0 atom stereocenters. The van der Waals surface area contributed by atoms with Gasteiger partial charge in [-0.3, -0.25) is 4.79 Å². The highest BCUT2D eigenvalue weighted by atomic mass is 79.9. The summed E-state index contributed by atoms with van der Waals surface area (Å²) >= 11 is 8.36. The Bertz CT molecular complexity index is 1260. The van der Waals surface area contributed by atoms with Gasteiger partial charge in [-0.05, 0) is 65.3 Å². The lowest BCUT2D eigenvalue weighted by atomic mass is 10.2. The predicted molar refractivity (Wildman–Crippen MR) is 125 cm³/mol. The van der Waals surface area contributed by atoms with E-state index in [1.54, 1.807) is 17.7 Å². The third-order valence-electron chi connectivity index (χ3n) is 4.20. The van der Waals surface area contributed by atoms with Crippen molar-refractivity contribution in [1.82, 2.24) is 19.8 Å². The van der Waals surface area contributed by atoms with Gasteiger partial charge in [0.05, 0.1) is 11.6 Å². The number of hydrogen-bond donors (Lipinski definition) is 1. The summed E-state index contributed by atoms with van der Waals surface area (Å²) in [7, 11) is 1.59. The van der Waals surface area contributed by atoms with E-state index in [-0.39, 0.29) is 5.91 Å². The van der Waals surface area contributed by atoms with Crippen LogP contribution in [0.15, 0.2) is 51.4 Å². The highest BCUT2D eigenvalue weighted by molar-refractivity contribution is 9.11. The van der Waals surface area contributed by atoms with Crippen LogP contribution in [-0.2, 0) is 4.79 Å². The quantitative estimate of drug-likeness (QED) is 0.340. The summed E-state index contributed by atoms with van der Waals surface area (Å²) in [6.07, 6.45) is 3.18. The van der Waals surface area contributed by atoms with Crippen LogP contribution in [0.3, 0.4) is 0 Å². The first-order valence-electron chi connectivity index (χ1n) is 8.76. The fraction of sp³-hybridized carbons (Fsp3) is 0.100. The molecule has 0 radical (unpaired) electrons. The van der Waals surface area contributed by atoms with Gasteiger partial charge in [0.1, 0.15) is 10.8 Å². The number of ether oxygens (including phenoxy) is 1. The van der Waals surface area contributed by atoms with Crippen molar-refractivity contribution < 1.29 is 9.53 Å². The molecule has 2 aromatic heterocycles. The van der Waals surface area contributed by atoms with Gasteiger partial charge in [0.25, 0.3) is 0 Å². The fourth-order valence-corrected chi connectivity index (χ4v) is 5.11. The average molecular weight is 549 g/mol. The molecule has 1 amide bonds. The summed E-state index contributed by atoms with van der Waals surface area (Å²) < 4.78 is 8.79. The smallest absolute Gasteiger partial charge is 0.248 e. The predicted octanol–water partition coefficient (Wildman–Crippen LogP) is 5.35. The van der Waals surface area contributed by atoms with Crippen LogP contribution in [0.4, 0.5) is 5.69 Å². The molecule has 7 nitrogen and oxygen atoms in total. The highest BCUT2D eigenvalue weighted by Gasteiger charge is 2.11. The number of aryl methyl sites for hydroxylation is 1. The third kappa shape index (κ3) is 4.30. The van der Waals surface area contributed by atoms with Gasteiger partial charge >= 0.3 is 0 Å². The molecule has 0 aliphatic rings. The zero-order chi connectivity index (χ0) is 21.3. The number of carbonyl (C=O) groups excluding carboxylic acids is 1. The van der Waals surface area contributed by atoms with Crippen molar-refractivity contribution >= 4 is 65.8 Å². The number of nitrogens with zero attached hydrogens (tertiary/aromatic N) is 4. The molecular weight excluding hydrogens is 534 g/mol. The monoisotopic (exact) mass is 547 g/mol.